The Balaban J connectivity index is 2.41. The number of aldehydes is 1. The number of hydrogen-bond acceptors (Lipinski definition) is 1. The van der Waals surface area contributed by atoms with Crippen LogP contribution >= 0.6 is 0 Å². The van der Waals surface area contributed by atoms with E-state index in [2.05, 4.69) is 32.9 Å². The van der Waals surface area contributed by atoms with E-state index in [0.29, 0.717) is 0 Å². The highest BCUT2D eigenvalue weighted by molar-refractivity contribution is 5.59. The summed E-state index contributed by atoms with van der Waals surface area (Å²) < 4.78 is 0. The molecule has 0 aliphatic heterocycles. The third-order valence-electron chi connectivity index (χ3n) is 3.18. The molecule has 1 heteroatoms. The van der Waals surface area contributed by atoms with Crippen molar-refractivity contribution in [3.63, 3.8) is 0 Å². The van der Waals surface area contributed by atoms with Crippen LogP contribution in [0, 0.1) is 5.41 Å². The van der Waals surface area contributed by atoms with E-state index < -0.39 is 0 Å². The van der Waals surface area contributed by atoms with Gasteiger partial charge in [0, 0.05) is 5.41 Å². The van der Waals surface area contributed by atoms with E-state index in [-0.39, 0.29) is 5.41 Å². The molecule has 0 aromatic carbocycles. The molecule has 0 spiro atoms. The lowest BCUT2D eigenvalue weighted by Crippen LogP contribution is -2.20. The second-order valence-corrected chi connectivity index (χ2v) is 5.16. The van der Waals surface area contributed by atoms with Crippen LogP contribution in [0.4, 0.5) is 0 Å². The quantitative estimate of drug-likeness (QED) is 0.501. The zero-order valence-corrected chi connectivity index (χ0v) is 10.2. The second-order valence-electron chi connectivity index (χ2n) is 5.16. The summed E-state index contributed by atoms with van der Waals surface area (Å²) >= 11 is 0. The molecule has 0 bridgehead atoms. The highest BCUT2D eigenvalue weighted by Crippen LogP contribution is 2.34. The Bertz CT molecular complexity index is 282. The largest absolute Gasteiger partial charge is 0.303 e. The molecule has 0 N–H and O–H groups in total. The van der Waals surface area contributed by atoms with Crippen molar-refractivity contribution < 1.29 is 4.79 Å². The molecular formula is C14H22O. The highest BCUT2D eigenvalue weighted by Gasteiger charge is 2.25. The Morgan fingerprint density at radius 3 is 2.73 bits per heavy atom. The standard InChI is InChI=1S/C14H22O/c1-12(2)5-4-6-13-7-9-14(3,11-15)10-8-13/h5,7,11H,4,6,8-10H2,1-3H3/t14-/m1/s1. The first kappa shape index (κ1) is 12.2. The number of carbonyl (C=O) groups is 1. The van der Waals surface area contributed by atoms with Crippen molar-refractivity contribution in [2.75, 3.05) is 0 Å². The van der Waals surface area contributed by atoms with Crippen molar-refractivity contribution in [1.29, 1.82) is 0 Å². The number of carbonyl (C=O) groups excluding carboxylic acids is 1. The van der Waals surface area contributed by atoms with Crippen molar-refractivity contribution in [2.45, 2.75) is 52.9 Å². The maximum absolute atomic E-state index is 10.9. The zero-order chi connectivity index (χ0) is 11.3. The van der Waals surface area contributed by atoms with Gasteiger partial charge in [-0.05, 0) is 46.0 Å². The first-order valence-corrected chi connectivity index (χ1v) is 5.83. The van der Waals surface area contributed by atoms with Crippen molar-refractivity contribution in [3.8, 4) is 0 Å². The van der Waals surface area contributed by atoms with Gasteiger partial charge in [-0.2, -0.15) is 0 Å². The van der Waals surface area contributed by atoms with Gasteiger partial charge in [-0.15, -0.1) is 0 Å². The zero-order valence-electron chi connectivity index (χ0n) is 10.2. The Morgan fingerprint density at radius 1 is 1.53 bits per heavy atom. The maximum Gasteiger partial charge on any atom is 0.126 e. The van der Waals surface area contributed by atoms with E-state index >= 15 is 0 Å². The minimum absolute atomic E-state index is 0.0833. The van der Waals surface area contributed by atoms with Crippen molar-refractivity contribution in [2.24, 2.45) is 5.41 Å². The molecule has 0 aromatic heterocycles. The van der Waals surface area contributed by atoms with Crippen LogP contribution in [0.2, 0.25) is 0 Å². The number of allylic oxidation sites excluding steroid dienone is 4. The van der Waals surface area contributed by atoms with Crippen LogP contribution in [0.5, 0.6) is 0 Å². The Morgan fingerprint density at radius 2 is 2.27 bits per heavy atom. The first-order chi connectivity index (χ1) is 7.06. The predicted octanol–water partition coefficient (Wildman–Crippen LogP) is 4.05. The smallest absolute Gasteiger partial charge is 0.126 e. The molecule has 0 unspecified atom stereocenters. The van der Waals surface area contributed by atoms with Crippen molar-refractivity contribution in [3.05, 3.63) is 23.3 Å². The van der Waals surface area contributed by atoms with Gasteiger partial charge in [0.15, 0.2) is 0 Å². The van der Waals surface area contributed by atoms with E-state index in [1.807, 2.05) is 0 Å². The molecule has 1 nitrogen and oxygen atoms in total. The average molecular weight is 206 g/mol. The van der Waals surface area contributed by atoms with Gasteiger partial charge >= 0.3 is 0 Å². The second kappa shape index (κ2) is 5.29. The van der Waals surface area contributed by atoms with E-state index in [1.54, 1.807) is 0 Å². The van der Waals surface area contributed by atoms with Crippen LogP contribution in [-0.4, -0.2) is 6.29 Å². The summed E-state index contributed by atoms with van der Waals surface area (Å²) in [6.07, 6.45) is 11.1. The van der Waals surface area contributed by atoms with Crippen LogP contribution in [0.15, 0.2) is 23.3 Å². The van der Waals surface area contributed by atoms with Gasteiger partial charge in [0.1, 0.15) is 6.29 Å². The fourth-order valence-electron chi connectivity index (χ4n) is 1.91. The summed E-state index contributed by atoms with van der Waals surface area (Å²) in [6, 6.07) is 0. The van der Waals surface area contributed by atoms with E-state index in [9.17, 15) is 4.79 Å². The van der Waals surface area contributed by atoms with Gasteiger partial charge in [-0.3, -0.25) is 0 Å². The summed E-state index contributed by atoms with van der Waals surface area (Å²) in [7, 11) is 0. The summed E-state index contributed by atoms with van der Waals surface area (Å²) in [6.45, 7) is 6.33. The Labute approximate surface area is 93.3 Å². The van der Waals surface area contributed by atoms with Crippen LogP contribution in [0.25, 0.3) is 0 Å². The molecule has 0 saturated carbocycles. The number of rotatable bonds is 4. The minimum atomic E-state index is -0.0833. The van der Waals surface area contributed by atoms with Crippen molar-refractivity contribution >= 4 is 6.29 Å². The molecule has 84 valence electrons. The Hall–Kier alpha value is -0.850. The average Bonchev–Trinajstić information content (AvgIpc) is 2.21. The lowest BCUT2D eigenvalue weighted by molar-refractivity contribution is -0.115. The van der Waals surface area contributed by atoms with Crippen LogP contribution in [-0.2, 0) is 4.79 Å². The molecule has 15 heavy (non-hydrogen) atoms. The predicted molar refractivity (Wildman–Crippen MR) is 64.8 cm³/mol. The SMILES string of the molecule is CC(C)=CCCC1=CC[C@@](C)(C=O)CC1. The van der Waals surface area contributed by atoms with Gasteiger partial charge in [0.25, 0.3) is 0 Å². The summed E-state index contributed by atoms with van der Waals surface area (Å²) in [4.78, 5) is 10.9. The molecule has 0 aromatic rings. The summed E-state index contributed by atoms with van der Waals surface area (Å²) in [5.41, 5.74) is 2.84. The van der Waals surface area contributed by atoms with Gasteiger partial charge in [-0.1, -0.05) is 30.2 Å². The van der Waals surface area contributed by atoms with E-state index in [1.165, 1.54) is 17.6 Å². The van der Waals surface area contributed by atoms with Gasteiger partial charge in [-0.25, -0.2) is 0 Å². The van der Waals surface area contributed by atoms with Gasteiger partial charge in [0.2, 0.25) is 0 Å². The molecule has 1 rings (SSSR count). The summed E-state index contributed by atoms with van der Waals surface area (Å²) in [5.74, 6) is 0. The monoisotopic (exact) mass is 206 g/mol. The van der Waals surface area contributed by atoms with Gasteiger partial charge < -0.3 is 4.79 Å². The highest BCUT2D eigenvalue weighted by atomic mass is 16.1. The molecule has 0 heterocycles. The molecular weight excluding hydrogens is 184 g/mol. The first-order valence-electron chi connectivity index (χ1n) is 5.83. The normalized spacial score (nSPS) is 25.7. The van der Waals surface area contributed by atoms with Gasteiger partial charge in [0.05, 0.1) is 0 Å². The lowest BCUT2D eigenvalue weighted by atomic mass is 9.77. The third kappa shape index (κ3) is 4.03. The third-order valence-corrected chi connectivity index (χ3v) is 3.18. The van der Waals surface area contributed by atoms with Crippen molar-refractivity contribution in [1.82, 2.24) is 0 Å². The minimum Gasteiger partial charge on any atom is -0.303 e. The maximum atomic E-state index is 10.9. The summed E-state index contributed by atoms with van der Waals surface area (Å²) in [5, 5.41) is 0. The topological polar surface area (TPSA) is 17.1 Å². The molecule has 0 amide bonds. The molecule has 1 atom stereocenters. The molecule has 0 fully saturated rings. The molecule has 1 aliphatic carbocycles. The lowest BCUT2D eigenvalue weighted by Gasteiger charge is -2.27. The van der Waals surface area contributed by atoms with E-state index in [0.717, 1.165) is 32.0 Å². The number of hydrogen-bond donors (Lipinski definition) is 0. The van der Waals surface area contributed by atoms with Crippen LogP contribution in [0.3, 0.4) is 0 Å². The van der Waals surface area contributed by atoms with E-state index in [4.69, 9.17) is 0 Å². The van der Waals surface area contributed by atoms with Crippen LogP contribution in [0.1, 0.15) is 52.9 Å². The molecule has 1 aliphatic rings. The fourth-order valence-corrected chi connectivity index (χ4v) is 1.91. The molecule has 0 radical (unpaired) electrons. The molecule has 0 saturated heterocycles. The Kier molecular flexibility index (Phi) is 4.31. The van der Waals surface area contributed by atoms with Crippen LogP contribution < -0.4 is 0 Å². The fraction of sp³-hybridized carbons (Fsp3) is 0.643.